The van der Waals surface area contributed by atoms with E-state index in [0.29, 0.717) is 37.4 Å². The predicted molar refractivity (Wildman–Crippen MR) is 112 cm³/mol. The molecule has 4 rings (SSSR count). The van der Waals surface area contributed by atoms with Crippen molar-refractivity contribution in [1.29, 1.82) is 0 Å². The molecule has 1 amide bonds. The number of pyridine rings is 1. The number of aromatic amines is 1. The van der Waals surface area contributed by atoms with E-state index < -0.39 is 5.43 Å². The van der Waals surface area contributed by atoms with Crippen molar-refractivity contribution >= 4 is 11.6 Å². The molecule has 0 aliphatic carbocycles. The van der Waals surface area contributed by atoms with Crippen LogP contribution in [0.25, 0.3) is 0 Å². The molecule has 2 aromatic carbocycles. The Labute approximate surface area is 177 Å². The minimum absolute atomic E-state index is 0.0743. The third kappa shape index (κ3) is 4.74. The monoisotopic (exact) mass is 425 g/mol. The van der Waals surface area contributed by atoms with Crippen LogP contribution in [-0.4, -0.2) is 42.0 Å². The second-order valence-electron chi connectivity index (χ2n) is 7.22. The molecule has 1 saturated heterocycles. The summed E-state index contributed by atoms with van der Waals surface area (Å²) in [5.74, 6) is -0.859. The van der Waals surface area contributed by atoms with Gasteiger partial charge in [0.15, 0.2) is 5.75 Å². The van der Waals surface area contributed by atoms with Crippen LogP contribution in [0.3, 0.4) is 0 Å². The molecular formula is C23H21F2N3O3. The third-order valence-corrected chi connectivity index (χ3v) is 5.18. The van der Waals surface area contributed by atoms with E-state index >= 15 is 0 Å². The van der Waals surface area contributed by atoms with E-state index in [2.05, 4.69) is 4.98 Å². The SMILES string of the molecule is O=C(c1cc(=O)c(OCc2ccc(F)cc2)c[nH]1)N1CCN(c2ccccc2F)CC1. The van der Waals surface area contributed by atoms with Gasteiger partial charge in [-0.2, -0.15) is 0 Å². The summed E-state index contributed by atoms with van der Waals surface area (Å²) in [5, 5.41) is 0. The van der Waals surface area contributed by atoms with Gasteiger partial charge in [-0.05, 0) is 29.8 Å². The van der Waals surface area contributed by atoms with E-state index in [1.54, 1.807) is 35.2 Å². The lowest BCUT2D eigenvalue weighted by Crippen LogP contribution is -2.49. The third-order valence-electron chi connectivity index (χ3n) is 5.18. The number of ether oxygens (including phenoxy) is 1. The van der Waals surface area contributed by atoms with Gasteiger partial charge in [-0.1, -0.05) is 24.3 Å². The Balaban J connectivity index is 1.37. The summed E-state index contributed by atoms with van der Waals surface area (Å²) in [4.78, 5) is 31.5. The maximum absolute atomic E-state index is 14.0. The van der Waals surface area contributed by atoms with Crippen LogP contribution in [0, 0.1) is 11.6 Å². The number of halogens is 2. The van der Waals surface area contributed by atoms with Gasteiger partial charge in [-0.25, -0.2) is 8.78 Å². The van der Waals surface area contributed by atoms with Gasteiger partial charge in [0.2, 0.25) is 5.43 Å². The highest BCUT2D eigenvalue weighted by molar-refractivity contribution is 5.92. The Kier molecular flexibility index (Phi) is 5.97. The number of aromatic nitrogens is 1. The number of carbonyl (C=O) groups excluding carboxylic acids is 1. The van der Waals surface area contributed by atoms with E-state index in [0.717, 1.165) is 0 Å². The molecule has 0 spiro atoms. The topological polar surface area (TPSA) is 65.6 Å². The molecule has 2 heterocycles. The maximum atomic E-state index is 14.0. The van der Waals surface area contributed by atoms with E-state index in [-0.39, 0.29) is 35.6 Å². The van der Waals surface area contributed by atoms with Gasteiger partial charge in [-0.15, -0.1) is 0 Å². The first-order chi connectivity index (χ1) is 15.0. The van der Waals surface area contributed by atoms with Crippen molar-refractivity contribution in [3.05, 3.63) is 93.9 Å². The summed E-state index contributed by atoms with van der Waals surface area (Å²) in [5.41, 5.74) is 0.979. The van der Waals surface area contributed by atoms with Gasteiger partial charge in [0, 0.05) is 38.4 Å². The van der Waals surface area contributed by atoms with E-state index in [9.17, 15) is 18.4 Å². The second-order valence-corrected chi connectivity index (χ2v) is 7.22. The van der Waals surface area contributed by atoms with Gasteiger partial charge < -0.3 is 19.5 Å². The summed E-state index contributed by atoms with van der Waals surface area (Å²) in [7, 11) is 0. The van der Waals surface area contributed by atoms with Gasteiger partial charge in [0.1, 0.15) is 23.9 Å². The van der Waals surface area contributed by atoms with Crippen molar-refractivity contribution in [3.8, 4) is 5.75 Å². The number of rotatable bonds is 5. The first-order valence-electron chi connectivity index (χ1n) is 9.90. The molecule has 8 heteroatoms. The number of nitrogens with one attached hydrogen (secondary N) is 1. The molecule has 1 fully saturated rings. The molecule has 1 aromatic heterocycles. The fourth-order valence-corrected chi connectivity index (χ4v) is 3.47. The van der Waals surface area contributed by atoms with Crippen molar-refractivity contribution < 1.29 is 18.3 Å². The highest BCUT2D eigenvalue weighted by atomic mass is 19.1. The van der Waals surface area contributed by atoms with Crippen LogP contribution in [0.2, 0.25) is 0 Å². The Hall–Kier alpha value is -3.68. The second kappa shape index (κ2) is 8.99. The average Bonchev–Trinajstić information content (AvgIpc) is 2.79. The van der Waals surface area contributed by atoms with Crippen LogP contribution in [0.1, 0.15) is 16.1 Å². The quantitative estimate of drug-likeness (QED) is 0.682. The molecule has 6 nitrogen and oxygen atoms in total. The molecule has 0 atom stereocenters. The van der Waals surface area contributed by atoms with Crippen molar-refractivity contribution in [2.45, 2.75) is 6.61 Å². The van der Waals surface area contributed by atoms with Gasteiger partial charge >= 0.3 is 0 Å². The number of piperazine rings is 1. The van der Waals surface area contributed by atoms with Crippen LogP contribution < -0.4 is 15.1 Å². The fraction of sp³-hybridized carbons (Fsp3) is 0.217. The summed E-state index contributed by atoms with van der Waals surface area (Å²) in [6.07, 6.45) is 1.36. The highest BCUT2D eigenvalue weighted by Gasteiger charge is 2.24. The molecule has 0 bridgehead atoms. The van der Waals surface area contributed by atoms with Crippen molar-refractivity contribution in [2.75, 3.05) is 31.1 Å². The number of para-hydroxylation sites is 1. The Bertz CT molecular complexity index is 1120. The maximum Gasteiger partial charge on any atom is 0.270 e. The highest BCUT2D eigenvalue weighted by Crippen LogP contribution is 2.20. The minimum Gasteiger partial charge on any atom is -0.483 e. The summed E-state index contributed by atoms with van der Waals surface area (Å²) in [6, 6.07) is 13.5. The Morgan fingerprint density at radius 3 is 2.39 bits per heavy atom. The van der Waals surface area contributed by atoms with E-state index in [4.69, 9.17) is 4.74 Å². The molecule has 1 N–H and O–H groups in total. The average molecular weight is 425 g/mol. The Morgan fingerprint density at radius 1 is 1.00 bits per heavy atom. The molecule has 160 valence electrons. The molecule has 1 aliphatic heterocycles. The largest absolute Gasteiger partial charge is 0.483 e. The summed E-state index contributed by atoms with van der Waals surface area (Å²) < 4.78 is 32.4. The van der Waals surface area contributed by atoms with E-state index in [1.807, 2.05) is 4.90 Å². The zero-order chi connectivity index (χ0) is 21.8. The molecule has 0 radical (unpaired) electrons. The first-order valence-corrected chi connectivity index (χ1v) is 9.90. The molecule has 1 aliphatic rings. The number of H-pyrrole nitrogens is 1. The van der Waals surface area contributed by atoms with Crippen LogP contribution in [0.15, 0.2) is 65.6 Å². The number of nitrogens with zero attached hydrogens (tertiary/aromatic N) is 2. The Morgan fingerprint density at radius 2 is 1.71 bits per heavy atom. The molecular weight excluding hydrogens is 404 g/mol. The molecule has 31 heavy (non-hydrogen) atoms. The summed E-state index contributed by atoms with van der Waals surface area (Å²) in [6.45, 7) is 1.93. The number of benzene rings is 2. The summed E-state index contributed by atoms with van der Waals surface area (Å²) >= 11 is 0. The molecule has 3 aromatic rings. The first kappa shape index (κ1) is 20.6. The van der Waals surface area contributed by atoms with Crippen LogP contribution >= 0.6 is 0 Å². The van der Waals surface area contributed by atoms with Crippen LogP contribution in [0.5, 0.6) is 5.75 Å². The van der Waals surface area contributed by atoms with Gasteiger partial charge in [0.05, 0.1) is 5.69 Å². The fourth-order valence-electron chi connectivity index (χ4n) is 3.47. The standard InChI is InChI=1S/C23H21F2N3O3/c24-17-7-5-16(6-8-17)15-31-22-14-26-19(13-21(22)29)23(30)28-11-9-27(10-12-28)20-4-2-1-3-18(20)25/h1-8,13-14H,9-12,15H2,(H,26,29). The number of anilines is 1. The zero-order valence-corrected chi connectivity index (χ0v) is 16.7. The van der Waals surface area contributed by atoms with Crippen LogP contribution in [0.4, 0.5) is 14.5 Å². The van der Waals surface area contributed by atoms with Gasteiger partial charge in [-0.3, -0.25) is 9.59 Å². The number of carbonyl (C=O) groups is 1. The molecule has 0 saturated carbocycles. The lowest BCUT2D eigenvalue weighted by Gasteiger charge is -2.36. The number of hydrogen-bond donors (Lipinski definition) is 1. The van der Waals surface area contributed by atoms with E-state index in [1.165, 1.54) is 30.5 Å². The smallest absolute Gasteiger partial charge is 0.270 e. The minimum atomic E-state index is -0.422. The number of amides is 1. The van der Waals surface area contributed by atoms with Crippen molar-refractivity contribution in [3.63, 3.8) is 0 Å². The lowest BCUT2D eigenvalue weighted by molar-refractivity contribution is 0.0740. The zero-order valence-electron chi connectivity index (χ0n) is 16.7. The predicted octanol–water partition coefficient (Wildman–Crippen LogP) is 3.19. The molecule has 0 unspecified atom stereocenters. The van der Waals surface area contributed by atoms with Gasteiger partial charge in [0.25, 0.3) is 5.91 Å². The van der Waals surface area contributed by atoms with Crippen molar-refractivity contribution in [1.82, 2.24) is 9.88 Å². The van der Waals surface area contributed by atoms with Crippen molar-refractivity contribution in [2.24, 2.45) is 0 Å². The normalized spacial score (nSPS) is 13.9. The lowest BCUT2D eigenvalue weighted by atomic mass is 10.2. The van der Waals surface area contributed by atoms with Crippen LogP contribution in [-0.2, 0) is 6.61 Å². The number of hydrogen-bond acceptors (Lipinski definition) is 4.